The third-order valence-electron chi connectivity index (χ3n) is 6.41. The van der Waals surface area contributed by atoms with E-state index in [0.29, 0.717) is 18.4 Å². The second-order valence-electron chi connectivity index (χ2n) is 10.1. The van der Waals surface area contributed by atoms with Gasteiger partial charge in [-0.05, 0) is 49.6 Å². The fourth-order valence-corrected chi connectivity index (χ4v) is 4.00. The summed E-state index contributed by atoms with van der Waals surface area (Å²) in [5, 5.41) is 0.0601. The molecule has 0 bridgehead atoms. The largest absolute Gasteiger partial charge is 0.573 e. The minimum absolute atomic E-state index is 0.0601. The fourth-order valence-electron chi connectivity index (χ4n) is 4.00. The Morgan fingerprint density at radius 1 is 0.867 bits per heavy atom. The number of carbonyl (C=O) groups is 1. The normalized spacial score (nSPS) is 12.7. The van der Waals surface area contributed by atoms with Crippen molar-refractivity contribution in [2.24, 2.45) is 0 Å². The Balaban J connectivity index is 1.86. The van der Waals surface area contributed by atoms with E-state index in [1.807, 2.05) is 6.92 Å². The van der Waals surface area contributed by atoms with Gasteiger partial charge in [0.05, 0.1) is 5.56 Å². The number of unbranched alkanes of at least 4 members (excludes halogenated alkanes) is 2. The Kier molecular flexibility index (Phi) is 10.6. The van der Waals surface area contributed by atoms with Crippen LogP contribution in [0.1, 0.15) is 38.7 Å². The van der Waals surface area contributed by atoms with Gasteiger partial charge in [-0.1, -0.05) is 38.5 Å². The van der Waals surface area contributed by atoms with Crippen molar-refractivity contribution < 1.29 is 62.9 Å². The third kappa shape index (κ3) is 8.51. The molecule has 0 fully saturated rings. The number of alkyl halides is 9. The van der Waals surface area contributed by atoms with E-state index in [1.54, 1.807) is 0 Å². The summed E-state index contributed by atoms with van der Waals surface area (Å²) >= 11 is 0. The van der Waals surface area contributed by atoms with Gasteiger partial charge in [-0.25, -0.2) is 9.59 Å². The highest BCUT2D eigenvalue weighted by atomic mass is 19.4. The van der Waals surface area contributed by atoms with Gasteiger partial charge in [-0.3, -0.25) is 0 Å². The molecule has 0 saturated heterocycles. The van der Waals surface area contributed by atoms with Gasteiger partial charge in [0.1, 0.15) is 17.1 Å². The molecule has 0 amide bonds. The zero-order chi connectivity index (χ0) is 33.8. The van der Waals surface area contributed by atoms with Crippen molar-refractivity contribution in [3.8, 4) is 22.6 Å². The summed E-state index contributed by atoms with van der Waals surface area (Å²) in [5.41, 5.74) is -1.99. The molecule has 15 heteroatoms. The molecule has 246 valence electrons. The van der Waals surface area contributed by atoms with Crippen LogP contribution in [0.3, 0.4) is 0 Å². The summed E-state index contributed by atoms with van der Waals surface area (Å²) in [6, 6.07) is 7.97. The standard InChI is InChI=1S/C30H27F9O6/c1-4-5-6-7-18-8-11-21(24(12-18)45-30(37,38)39)22-13-19-9-10-20(14-23(19)44-26(22)41)42-15-27(31,32)29(35,36)28(33,34)16-43-25(40)17(2)3/h8-14H,2,4-7,15-16H2,1,3H3. The second-order valence-corrected chi connectivity index (χ2v) is 10.1. The molecular weight excluding hydrogens is 627 g/mol. The topological polar surface area (TPSA) is 75.0 Å². The zero-order valence-electron chi connectivity index (χ0n) is 23.8. The molecule has 0 aliphatic rings. The minimum Gasteiger partial charge on any atom is -0.487 e. The highest BCUT2D eigenvalue weighted by molar-refractivity contribution is 5.87. The lowest BCUT2D eigenvalue weighted by Crippen LogP contribution is -2.58. The lowest BCUT2D eigenvalue weighted by atomic mass is 10.00. The number of hydrogen-bond donors (Lipinski definition) is 0. The van der Waals surface area contributed by atoms with E-state index >= 15 is 0 Å². The number of carbonyl (C=O) groups excluding carboxylic acids is 1. The van der Waals surface area contributed by atoms with Gasteiger partial charge in [0.15, 0.2) is 13.2 Å². The maximum Gasteiger partial charge on any atom is 0.573 e. The molecule has 3 aromatic rings. The van der Waals surface area contributed by atoms with Gasteiger partial charge in [0.25, 0.3) is 0 Å². The van der Waals surface area contributed by atoms with Gasteiger partial charge in [0.2, 0.25) is 0 Å². The molecule has 45 heavy (non-hydrogen) atoms. The Morgan fingerprint density at radius 2 is 1.53 bits per heavy atom. The third-order valence-corrected chi connectivity index (χ3v) is 6.41. The van der Waals surface area contributed by atoms with Crippen LogP contribution in [-0.4, -0.2) is 43.3 Å². The van der Waals surface area contributed by atoms with Crippen molar-refractivity contribution in [2.75, 3.05) is 13.2 Å². The number of halogens is 9. The number of benzene rings is 2. The predicted molar refractivity (Wildman–Crippen MR) is 144 cm³/mol. The van der Waals surface area contributed by atoms with Crippen molar-refractivity contribution >= 4 is 16.9 Å². The number of ether oxygens (including phenoxy) is 3. The van der Waals surface area contributed by atoms with E-state index < -0.39 is 66.0 Å². The van der Waals surface area contributed by atoms with Crippen LogP contribution in [0.15, 0.2) is 63.8 Å². The highest BCUT2D eigenvalue weighted by Crippen LogP contribution is 2.46. The van der Waals surface area contributed by atoms with E-state index in [2.05, 4.69) is 20.8 Å². The van der Waals surface area contributed by atoms with Crippen molar-refractivity contribution in [3.63, 3.8) is 0 Å². The summed E-state index contributed by atoms with van der Waals surface area (Å²) in [4.78, 5) is 24.0. The first kappa shape index (κ1) is 35.3. The van der Waals surface area contributed by atoms with E-state index in [9.17, 15) is 49.1 Å². The van der Waals surface area contributed by atoms with Crippen LogP contribution in [0.4, 0.5) is 39.5 Å². The van der Waals surface area contributed by atoms with Crippen LogP contribution in [0.5, 0.6) is 11.5 Å². The molecule has 0 N–H and O–H groups in total. The summed E-state index contributed by atoms with van der Waals surface area (Å²) < 4.78 is 142. The number of esters is 1. The van der Waals surface area contributed by atoms with Gasteiger partial charge in [-0.2, -0.15) is 26.3 Å². The van der Waals surface area contributed by atoms with Crippen LogP contribution in [0.2, 0.25) is 0 Å². The van der Waals surface area contributed by atoms with Crippen LogP contribution < -0.4 is 15.1 Å². The smallest absolute Gasteiger partial charge is 0.487 e. The lowest BCUT2D eigenvalue weighted by Gasteiger charge is -2.32. The van der Waals surface area contributed by atoms with Crippen molar-refractivity contribution in [2.45, 2.75) is 63.7 Å². The fraction of sp³-hybridized carbons (Fsp3) is 0.400. The summed E-state index contributed by atoms with van der Waals surface area (Å²) in [5.74, 6) is -19.8. The molecule has 6 nitrogen and oxygen atoms in total. The van der Waals surface area contributed by atoms with E-state index in [-0.39, 0.29) is 22.1 Å². The van der Waals surface area contributed by atoms with E-state index in [4.69, 9.17) is 4.42 Å². The second kappa shape index (κ2) is 13.4. The van der Waals surface area contributed by atoms with Crippen LogP contribution in [-0.2, 0) is 16.0 Å². The van der Waals surface area contributed by atoms with Gasteiger partial charge in [-0.15, -0.1) is 13.2 Å². The molecule has 0 saturated carbocycles. The summed E-state index contributed by atoms with van der Waals surface area (Å²) in [6.45, 7) is 1.42. The van der Waals surface area contributed by atoms with Crippen molar-refractivity contribution in [1.29, 1.82) is 0 Å². The average molecular weight is 655 g/mol. The maximum atomic E-state index is 14.3. The Hall–Kier alpha value is -4.17. The predicted octanol–water partition coefficient (Wildman–Crippen LogP) is 8.50. The number of aryl methyl sites for hydroxylation is 1. The van der Waals surface area contributed by atoms with Gasteiger partial charge < -0.3 is 18.6 Å². The molecule has 3 rings (SSSR count). The quantitative estimate of drug-likeness (QED) is 0.0571. The number of fused-ring (bicyclic) bond motifs is 1. The molecule has 1 heterocycles. The SMILES string of the molecule is C=C(C)C(=O)OCC(F)(F)C(F)(F)C(F)(F)COc1ccc2cc(-c3ccc(CCCCC)cc3OC(F)(F)F)c(=O)oc2c1. The minimum atomic E-state index is -6.03. The van der Waals surface area contributed by atoms with Gasteiger partial charge in [0, 0.05) is 22.6 Å². The number of rotatable bonds is 14. The Bertz CT molecular complexity index is 1600. The highest BCUT2D eigenvalue weighted by Gasteiger charge is 2.72. The zero-order valence-corrected chi connectivity index (χ0v) is 23.8. The van der Waals surface area contributed by atoms with E-state index in [1.165, 1.54) is 12.1 Å². The molecule has 2 aromatic carbocycles. The van der Waals surface area contributed by atoms with Gasteiger partial charge >= 0.3 is 35.7 Å². The molecule has 0 unspecified atom stereocenters. The first-order valence-electron chi connectivity index (χ1n) is 13.3. The molecule has 0 spiro atoms. The molecule has 0 aliphatic carbocycles. The average Bonchev–Trinajstić information content (AvgIpc) is 2.93. The van der Waals surface area contributed by atoms with Crippen LogP contribution in [0, 0.1) is 0 Å². The molecule has 1 aromatic heterocycles. The summed E-state index contributed by atoms with van der Waals surface area (Å²) in [7, 11) is 0. The Morgan fingerprint density at radius 3 is 2.16 bits per heavy atom. The number of hydrogen-bond acceptors (Lipinski definition) is 6. The maximum absolute atomic E-state index is 14.3. The summed E-state index contributed by atoms with van der Waals surface area (Å²) in [6.07, 6.45) is -2.19. The molecular formula is C30H27F9O6. The molecule has 0 radical (unpaired) electrons. The van der Waals surface area contributed by atoms with Crippen molar-refractivity contribution in [1.82, 2.24) is 0 Å². The first-order valence-corrected chi connectivity index (χ1v) is 13.3. The van der Waals surface area contributed by atoms with Crippen LogP contribution in [0.25, 0.3) is 22.1 Å². The van der Waals surface area contributed by atoms with Crippen molar-refractivity contribution in [3.05, 3.63) is 70.6 Å². The monoisotopic (exact) mass is 654 g/mol. The molecule has 0 aliphatic heterocycles. The first-order chi connectivity index (χ1) is 20.8. The molecule has 0 atom stereocenters. The van der Waals surface area contributed by atoms with E-state index in [0.717, 1.165) is 50.1 Å². The van der Waals surface area contributed by atoms with Crippen LogP contribution >= 0.6 is 0 Å². The Labute approximate surface area is 250 Å². The lowest BCUT2D eigenvalue weighted by molar-refractivity contribution is -0.322.